The number of amides is 1. The molecule has 0 aromatic heterocycles. The van der Waals surface area contributed by atoms with Crippen LogP contribution in [-0.4, -0.2) is 25.0 Å². The molecule has 3 nitrogen and oxygen atoms in total. The lowest BCUT2D eigenvalue weighted by atomic mass is 9.91. The Bertz CT molecular complexity index is 465. The molecule has 1 aliphatic carbocycles. The molecule has 1 aromatic carbocycles. The molecule has 1 amide bonds. The van der Waals surface area contributed by atoms with Crippen molar-refractivity contribution < 1.29 is 4.79 Å². The second-order valence-electron chi connectivity index (χ2n) is 6.47. The minimum Gasteiger partial charge on any atom is -0.353 e. The van der Waals surface area contributed by atoms with E-state index in [-0.39, 0.29) is 17.9 Å². The van der Waals surface area contributed by atoms with Crippen molar-refractivity contribution in [3.63, 3.8) is 0 Å². The number of hydrogen-bond donors (Lipinski definition) is 2. The fraction of sp³-hybridized carbons (Fsp3) is 0.588. The first kappa shape index (κ1) is 13.6. The van der Waals surface area contributed by atoms with Crippen LogP contribution < -0.4 is 10.6 Å². The number of nitrogens with one attached hydrogen (secondary N) is 2. The summed E-state index contributed by atoms with van der Waals surface area (Å²) in [6.45, 7) is 4.25. The molecule has 1 saturated carbocycles. The fourth-order valence-electron chi connectivity index (χ4n) is 3.56. The number of hydrogen-bond acceptors (Lipinski definition) is 2. The molecule has 2 fully saturated rings. The van der Waals surface area contributed by atoms with Crippen molar-refractivity contribution in [1.29, 1.82) is 0 Å². The monoisotopic (exact) mass is 272 g/mol. The van der Waals surface area contributed by atoms with Crippen LogP contribution in [0.4, 0.5) is 0 Å². The maximum absolute atomic E-state index is 12.3. The van der Waals surface area contributed by atoms with Gasteiger partial charge in [-0.1, -0.05) is 30.3 Å². The molecule has 3 heteroatoms. The molecule has 2 atom stereocenters. The Hall–Kier alpha value is -1.35. The fourth-order valence-corrected chi connectivity index (χ4v) is 3.56. The second-order valence-corrected chi connectivity index (χ2v) is 6.47. The van der Waals surface area contributed by atoms with E-state index in [2.05, 4.69) is 41.8 Å². The lowest BCUT2D eigenvalue weighted by Crippen LogP contribution is -2.38. The predicted molar refractivity (Wildman–Crippen MR) is 80.4 cm³/mol. The summed E-state index contributed by atoms with van der Waals surface area (Å²) in [5, 5.41) is 6.58. The third-order valence-electron chi connectivity index (χ3n) is 4.88. The van der Waals surface area contributed by atoms with Gasteiger partial charge in [-0.25, -0.2) is 0 Å². The zero-order valence-corrected chi connectivity index (χ0v) is 12.2. The van der Waals surface area contributed by atoms with Gasteiger partial charge in [0, 0.05) is 12.0 Å². The summed E-state index contributed by atoms with van der Waals surface area (Å²) in [5.74, 6) is 0.540. The van der Waals surface area contributed by atoms with Crippen LogP contribution in [0.2, 0.25) is 0 Å². The minimum absolute atomic E-state index is 0.212. The molecule has 20 heavy (non-hydrogen) atoms. The summed E-state index contributed by atoms with van der Waals surface area (Å²) < 4.78 is 0. The Kier molecular flexibility index (Phi) is 3.79. The Morgan fingerprint density at radius 3 is 2.75 bits per heavy atom. The van der Waals surface area contributed by atoms with E-state index in [0.717, 1.165) is 38.8 Å². The zero-order valence-electron chi connectivity index (χ0n) is 12.2. The van der Waals surface area contributed by atoms with E-state index >= 15 is 0 Å². The highest BCUT2D eigenvalue weighted by Crippen LogP contribution is 2.58. The molecular weight excluding hydrogens is 248 g/mol. The van der Waals surface area contributed by atoms with Gasteiger partial charge in [-0.05, 0) is 56.7 Å². The summed E-state index contributed by atoms with van der Waals surface area (Å²) in [6.07, 6.45) is 4.34. The lowest BCUT2D eigenvalue weighted by molar-refractivity contribution is -0.123. The first-order chi connectivity index (χ1) is 9.70. The molecule has 3 rings (SSSR count). The smallest absolute Gasteiger partial charge is 0.223 e. The molecule has 2 N–H and O–H groups in total. The number of piperidine rings is 1. The van der Waals surface area contributed by atoms with Crippen LogP contribution in [-0.2, 0) is 11.2 Å². The highest BCUT2D eigenvalue weighted by molar-refractivity contribution is 5.82. The summed E-state index contributed by atoms with van der Waals surface area (Å²) in [6, 6.07) is 10.6. The van der Waals surface area contributed by atoms with E-state index in [9.17, 15) is 4.79 Å². The van der Waals surface area contributed by atoms with Crippen molar-refractivity contribution >= 4 is 5.91 Å². The van der Waals surface area contributed by atoms with Gasteiger partial charge in [0.25, 0.3) is 0 Å². The van der Waals surface area contributed by atoms with Gasteiger partial charge in [0.15, 0.2) is 0 Å². The van der Waals surface area contributed by atoms with Crippen LogP contribution in [0.5, 0.6) is 0 Å². The maximum Gasteiger partial charge on any atom is 0.223 e. The number of rotatable bonds is 4. The van der Waals surface area contributed by atoms with Gasteiger partial charge in [-0.2, -0.15) is 0 Å². The van der Waals surface area contributed by atoms with E-state index in [1.807, 2.05) is 6.07 Å². The van der Waals surface area contributed by atoms with Crippen molar-refractivity contribution in [2.75, 3.05) is 13.1 Å². The topological polar surface area (TPSA) is 41.1 Å². The van der Waals surface area contributed by atoms with Crippen molar-refractivity contribution in [2.24, 2.45) is 11.3 Å². The first-order valence-corrected chi connectivity index (χ1v) is 7.75. The van der Waals surface area contributed by atoms with Crippen molar-refractivity contribution in [3.8, 4) is 0 Å². The highest BCUT2D eigenvalue weighted by atomic mass is 16.2. The maximum atomic E-state index is 12.3. The predicted octanol–water partition coefficient (Wildman–Crippen LogP) is 2.12. The highest BCUT2D eigenvalue weighted by Gasteiger charge is 2.57. The zero-order chi connectivity index (χ0) is 14.0. The number of carbonyl (C=O) groups is 1. The van der Waals surface area contributed by atoms with Gasteiger partial charge >= 0.3 is 0 Å². The molecule has 2 unspecified atom stereocenters. The summed E-state index contributed by atoms with van der Waals surface area (Å²) in [5.41, 5.74) is 1.62. The standard InChI is InChI=1S/C17H24N2O/c1-13(11-14-5-3-2-4-6-14)19-16(20)15-12-17(15)7-9-18-10-8-17/h2-6,13,15,18H,7-12H2,1H3,(H,19,20). The SMILES string of the molecule is CC(Cc1ccccc1)NC(=O)C1CC12CCNCC2. The van der Waals surface area contributed by atoms with Crippen LogP contribution in [0, 0.1) is 11.3 Å². The molecule has 1 saturated heterocycles. The van der Waals surface area contributed by atoms with Crippen molar-refractivity contribution in [3.05, 3.63) is 35.9 Å². The van der Waals surface area contributed by atoms with Crippen LogP contribution in [0.15, 0.2) is 30.3 Å². The summed E-state index contributed by atoms with van der Waals surface area (Å²) in [4.78, 5) is 12.3. The van der Waals surface area contributed by atoms with E-state index in [4.69, 9.17) is 0 Å². The Labute approximate surface area is 121 Å². The first-order valence-electron chi connectivity index (χ1n) is 7.75. The van der Waals surface area contributed by atoms with E-state index < -0.39 is 0 Å². The molecule has 0 radical (unpaired) electrons. The normalized spacial score (nSPS) is 25.1. The molecule has 0 bridgehead atoms. The second kappa shape index (κ2) is 5.57. The van der Waals surface area contributed by atoms with Crippen LogP contribution >= 0.6 is 0 Å². The van der Waals surface area contributed by atoms with Crippen LogP contribution in [0.3, 0.4) is 0 Å². The molecular formula is C17H24N2O. The third-order valence-corrected chi connectivity index (χ3v) is 4.88. The minimum atomic E-state index is 0.212. The number of carbonyl (C=O) groups excluding carboxylic acids is 1. The quantitative estimate of drug-likeness (QED) is 0.881. The molecule has 1 spiro atoms. The largest absolute Gasteiger partial charge is 0.353 e. The average molecular weight is 272 g/mol. The van der Waals surface area contributed by atoms with Gasteiger partial charge in [-0.15, -0.1) is 0 Å². The molecule has 108 valence electrons. The summed E-state index contributed by atoms with van der Waals surface area (Å²) >= 11 is 0. The van der Waals surface area contributed by atoms with E-state index in [1.165, 1.54) is 5.56 Å². The third kappa shape index (κ3) is 2.88. The van der Waals surface area contributed by atoms with Crippen molar-refractivity contribution in [2.45, 2.75) is 38.6 Å². The van der Waals surface area contributed by atoms with E-state index in [1.54, 1.807) is 0 Å². The Morgan fingerprint density at radius 1 is 1.35 bits per heavy atom. The molecule has 2 aliphatic rings. The molecule has 1 heterocycles. The molecule has 1 aromatic rings. The van der Waals surface area contributed by atoms with Crippen LogP contribution in [0.1, 0.15) is 31.7 Å². The molecule has 1 aliphatic heterocycles. The lowest BCUT2D eigenvalue weighted by Gasteiger charge is -2.23. The Balaban J connectivity index is 1.50. The average Bonchev–Trinajstić information content (AvgIpc) is 3.14. The van der Waals surface area contributed by atoms with Crippen molar-refractivity contribution in [1.82, 2.24) is 10.6 Å². The van der Waals surface area contributed by atoms with Gasteiger partial charge < -0.3 is 10.6 Å². The van der Waals surface area contributed by atoms with Gasteiger partial charge in [0.05, 0.1) is 0 Å². The van der Waals surface area contributed by atoms with Gasteiger partial charge in [0.1, 0.15) is 0 Å². The van der Waals surface area contributed by atoms with E-state index in [0.29, 0.717) is 5.41 Å². The van der Waals surface area contributed by atoms with Gasteiger partial charge in [-0.3, -0.25) is 4.79 Å². The van der Waals surface area contributed by atoms with Crippen LogP contribution in [0.25, 0.3) is 0 Å². The Morgan fingerprint density at radius 2 is 2.05 bits per heavy atom. The number of benzene rings is 1. The summed E-state index contributed by atoms with van der Waals surface area (Å²) in [7, 11) is 0. The van der Waals surface area contributed by atoms with Gasteiger partial charge in [0.2, 0.25) is 5.91 Å².